The molecule has 6 nitrogen and oxygen atoms in total. The number of carbonyl (C=O) groups excluding carboxylic acids is 2. The Morgan fingerprint density at radius 1 is 1.00 bits per heavy atom. The van der Waals surface area contributed by atoms with Crippen LogP contribution in [-0.2, 0) is 9.59 Å². The van der Waals surface area contributed by atoms with E-state index in [1.807, 2.05) is 0 Å². The number of amides is 2. The van der Waals surface area contributed by atoms with Gasteiger partial charge in [-0.2, -0.15) is 0 Å². The van der Waals surface area contributed by atoms with Crippen LogP contribution in [0, 0.1) is 5.82 Å². The van der Waals surface area contributed by atoms with Gasteiger partial charge in [-0.1, -0.05) is 36.4 Å². The fourth-order valence-electron chi connectivity index (χ4n) is 1.94. The van der Waals surface area contributed by atoms with Crippen molar-refractivity contribution in [3.8, 4) is 0 Å². The Hall–Kier alpha value is -3.48. The highest BCUT2D eigenvalue weighted by Gasteiger charge is 2.16. The van der Waals surface area contributed by atoms with E-state index >= 15 is 0 Å². The van der Waals surface area contributed by atoms with E-state index in [9.17, 15) is 18.8 Å². The van der Waals surface area contributed by atoms with E-state index in [2.05, 4.69) is 10.6 Å². The molecule has 0 unspecified atom stereocenters. The number of carbonyl (C=O) groups is 3. The Morgan fingerprint density at radius 2 is 1.64 bits per heavy atom. The second-order valence-corrected chi connectivity index (χ2v) is 4.98. The summed E-state index contributed by atoms with van der Waals surface area (Å²) < 4.78 is 13.8. The standard InChI is InChI=1S/C18H15FN2O4/c19-14-9-5-4-8-13(14)10-15(18(25)20-11-16(22)23)21-17(24)12-6-2-1-3-7-12/h1-10H,11H2,(H,20,25)(H,21,24)(H,22,23)/b15-10+. The number of hydrogen-bond donors (Lipinski definition) is 3. The average Bonchev–Trinajstić information content (AvgIpc) is 2.61. The van der Waals surface area contributed by atoms with E-state index in [0.29, 0.717) is 5.56 Å². The molecule has 0 aliphatic carbocycles. The quantitative estimate of drug-likeness (QED) is 0.698. The van der Waals surface area contributed by atoms with Crippen molar-refractivity contribution in [3.63, 3.8) is 0 Å². The van der Waals surface area contributed by atoms with Crippen LogP contribution in [0.3, 0.4) is 0 Å². The Kier molecular flexibility index (Phi) is 6.00. The van der Waals surface area contributed by atoms with Crippen LogP contribution < -0.4 is 10.6 Å². The first-order chi connectivity index (χ1) is 12.0. The van der Waals surface area contributed by atoms with Crippen LogP contribution in [0.25, 0.3) is 6.08 Å². The number of rotatable bonds is 6. The fraction of sp³-hybridized carbons (Fsp3) is 0.0556. The van der Waals surface area contributed by atoms with Gasteiger partial charge < -0.3 is 15.7 Å². The summed E-state index contributed by atoms with van der Waals surface area (Å²) in [5.41, 5.74) is 0.115. The first-order valence-corrected chi connectivity index (χ1v) is 7.30. The maximum Gasteiger partial charge on any atom is 0.322 e. The molecule has 0 radical (unpaired) electrons. The van der Waals surface area contributed by atoms with Crippen LogP contribution in [0.5, 0.6) is 0 Å². The minimum Gasteiger partial charge on any atom is -0.480 e. The van der Waals surface area contributed by atoms with Gasteiger partial charge >= 0.3 is 5.97 Å². The van der Waals surface area contributed by atoms with Crippen molar-refractivity contribution < 1.29 is 23.9 Å². The summed E-state index contributed by atoms with van der Waals surface area (Å²) in [6, 6.07) is 13.8. The highest BCUT2D eigenvalue weighted by molar-refractivity contribution is 6.05. The first-order valence-electron chi connectivity index (χ1n) is 7.30. The van der Waals surface area contributed by atoms with Gasteiger partial charge in [0.05, 0.1) is 0 Å². The van der Waals surface area contributed by atoms with Crippen LogP contribution >= 0.6 is 0 Å². The number of benzene rings is 2. The number of carboxylic acid groups (broad SMARTS) is 1. The van der Waals surface area contributed by atoms with Crippen LogP contribution in [-0.4, -0.2) is 29.4 Å². The molecule has 0 fully saturated rings. The Labute approximate surface area is 143 Å². The largest absolute Gasteiger partial charge is 0.480 e. The summed E-state index contributed by atoms with van der Waals surface area (Å²) in [6.45, 7) is -0.630. The number of halogens is 1. The van der Waals surface area contributed by atoms with Gasteiger partial charge in [0, 0.05) is 11.1 Å². The summed E-state index contributed by atoms with van der Waals surface area (Å²) in [5, 5.41) is 13.2. The van der Waals surface area contributed by atoms with E-state index in [1.54, 1.807) is 36.4 Å². The topological polar surface area (TPSA) is 95.5 Å². The molecule has 0 bridgehead atoms. The summed E-state index contributed by atoms with van der Waals surface area (Å²) >= 11 is 0. The molecule has 0 saturated carbocycles. The summed E-state index contributed by atoms with van der Waals surface area (Å²) in [7, 11) is 0. The second-order valence-electron chi connectivity index (χ2n) is 4.98. The highest BCUT2D eigenvalue weighted by Crippen LogP contribution is 2.11. The molecule has 0 atom stereocenters. The first kappa shape index (κ1) is 17.9. The summed E-state index contributed by atoms with van der Waals surface area (Å²) in [6.07, 6.45) is 1.15. The van der Waals surface area contributed by atoms with Gasteiger partial charge in [-0.3, -0.25) is 14.4 Å². The van der Waals surface area contributed by atoms with Crippen molar-refractivity contribution in [2.24, 2.45) is 0 Å². The van der Waals surface area contributed by atoms with E-state index in [-0.39, 0.29) is 11.3 Å². The lowest BCUT2D eigenvalue weighted by Gasteiger charge is -2.10. The van der Waals surface area contributed by atoms with Crippen LogP contribution in [0.4, 0.5) is 4.39 Å². The lowest BCUT2D eigenvalue weighted by atomic mass is 10.1. The predicted molar refractivity (Wildman–Crippen MR) is 88.9 cm³/mol. The molecule has 0 aliphatic heterocycles. The van der Waals surface area contributed by atoms with Crippen molar-refractivity contribution in [1.29, 1.82) is 0 Å². The molecule has 25 heavy (non-hydrogen) atoms. The lowest BCUT2D eigenvalue weighted by Crippen LogP contribution is -2.37. The lowest BCUT2D eigenvalue weighted by molar-refractivity contribution is -0.137. The molecule has 0 aromatic heterocycles. The van der Waals surface area contributed by atoms with Gasteiger partial charge in [0.25, 0.3) is 11.8 Å². The average molecular weight is 342 g/mol. The molecular weight excluding hydrogens is 327 g/mol. The molecule has 2 amide bonds. The van der Waals surface area contributed by atoms with Gasteiger partial charge in [-0.05, 0) is 24.3 Å². The summed E-state index contributed by atoms with van der Waals surface area (Å²) in [5.74, 6) is -3.24. The molecule has 128 valence electrons. The van der Waals surface area contributed by atoms with Gasteiger partial charge in [-0.15, -0.1) is 0 Å². The zero-order valence-electron chi connectivity index (χ0n) is 13.0. The van der Waals surface area contributed by atoms with Crippen molar-refractivity contribution >= 4 is 23.9 Å². The maximum absolute atomic E-state index is 13.8. The molecule has 0 aliphatic rings. The van der Waals surface area contributed by atoms with Crippen LogP contribution in [0.15, 0.2) is 60.3 Å². The van der Waals surface area contributed by atoms with Crippen molar-refractivity contribution in [3.05, 3.63) is 77.2 Å². The molecule has 3 N–H and O–H groups in total. The zero-order chi connectivity index (χ0) is 18.2. The van der Waals surface area contributed by atoms with Gasteiger partial charge in [0.2, 0.25) is 0 Å². The SMILES string of the molecule is O=C(O)CNC(=O)/C(=C\c1ccccc1F)NC(=O)c1ccccc1. The number of hydrogen-bond acceptors (Lipinski definition) is 3. The third-order valence-electron chi connectivity index (χ3n) is 3.13. The minimum absolute atomic E-state index is 0.0799. The van der Waals surface area contributed by atoms with E-state index in [0.717, 1.165) is 6.08 Å². The van der Waals surface area contributed by atoms with Gasteiger partial charge in [0.15, 0.2) is 0 Å². The minimum atomic E-state index is -1.24. The van der Waals surface area contributed by atoms with Crippen molar-refractivity contribution in [2.75, 3.05) is 6.54 Å². The Balaban J connectivity index is 2.28. The van der Waals surface area contributed by atoms with Crippen LogP contribution in [0.1, 0.15) is 15.9 Å². The number of nitrogens with one attached hydrogen (secondary N) is 2. The van der Waals surface area contributed by atoms with Crippen LogP contribution in [0.2, 0.25) is 0 Å². The third kappa shape index (κ3) is 5.28. The molecule has 2 rings (SSSR count). The zero-order valence-corrected chi connectivity index (χ0v) is 13.0. The van der Waals surface area contributed by atoms with E-state index < -0.39 is 30.1 Å². The monoisotopic (exact) mass is 342 g/mol. The number of aliphatic carboxylic acids is 1. The van der Waals surface area contributed by atoms with Gasteiger partial charge in [-0.25, -0.2) is 4.39 Å². The normalized spacial score (nSPS) is 10.8. The van der Waals surface area contributed by atoms with Crippen molar-refractivity contribution in [1.82, 2.24) is 10.6 Å². The highest BCUT2D eigenvalue weighted by atomic mass is 19.1. The second kappa shape index (κ2) is 8.39. The molecule has 0 spiro atoms. The molecule has 0 saturated heterocycles. The van der Waals surface area contributed by atoms with Gasteiger partial charge in [0.1, 0.15) is 18.1 Å². The van der Waals surface area contributed by atoms with Crippen molar-refractivity contribution in [2.45, 2.75) is 0 Å². The third-order valence-corrected chi connectivity index (χ3v) is 3.13. The molecule has 2 aromatic carbocycles. The Morgan fingerprint density at radius 3 is 2.28 bits per heavy atom. The molecule has 7 heteroatoms. The van der Waals surface area contributed by atoms with E-state index in [1.165, 1.54) is 18.2 Å². The number of carboxylic acids is 1. The molecular formula is C18H15FN2O4. The smallest absolute Gasteiger partial charge is 0.322 e. The maximum atomic E-state index is 13.8. The van der Waals surface area contributed by atoms with E-state index in [4.69, 9.17) is 5.11 Å². The predicted octanol–water partition coefficient (Wildman–Crippen LogP) is 1.80. The summed E-state index contributed by atoms with van der Waals surface area (Å²) in [4.78, 5) is 35.0. The Bertz CT molecular complexity index is 819. The molecule has 0 heterocycles. The molecule has 2 aromatic rings. The fourth-order valence-corrected chi connectivity index (χ4v) is 1.94.